The fraction of sp³-hybridized carbons (Fsp3) is 0.857. The Hall–Kier alpha value is -0.610. The fourth-order valence-electron chi connectivity index (χ4n) is 1.11. The van der Waals surface area contributed by atoms with Crippen molar-refractivity contribution in [1.29, 1.82) is 0 Å². The van der Waals surface area contributed by atoms with Crippen LogP contribution >= 0.6 is 0 Å². The van der Waals surface area contributed by atoms with Gasteiger partial charge in [0.25, 0.3) is 5.91 Å². The van der Waals surface area contributed by atoms with Gasteiger partial charge < -0.3 is 5.32 Å². The first-order valence-electron chi connectivity index (χ1n) is 3.82. The van der Waals surface area contributed by atoms with Gasteiger partial charge in [-0.05, 0) is 13.8 Å². The van der Waals surface area contributed by atoms with E-state index in [4.69, 9.17) is 5.21 Å². The van der Waals surface area contributed by atoms with Crippen molar-refractivity contribution in [1.82, 2.24) is 10.4 Å². The molecule has 0 saturated carbocycles. The quantitative estimate of drug-likeness (QED) is 0.433. The zero-order valence-corrected chi connectivity index (χ0v) is 6.92. The van der Waals surface area contributed by atoms with Crippen molar-refractivity contribution in [2.75, 3.05) is 19.6 Å². The van der Waals surface area contributed by atoms with Gasteiger partial charge in [-0.15, -0.1) is 0 Å². The molecule has 0 bridgehead atoms. The highest BCUT2D eigenvalue weighted by Crippen LogP contribution is 2.23. The summed E-state index contributed by atoms with van der Waals surface area (Å²) in [6, 6.07) is 0. The van der Waals surface area contributed by atoms with Crippen molar-refractivity contribution in [3.63, 3.8) is 0 Å². The van der Waals surface area contributed by atoms with Crippen molar-refractivity contribution in [3.05, 3.63) is 0 Å². The summed E-state index contributed by atoms with van der Waals surface area (Å²) in [5, 5.41) is 12.9. The zero-order valence-electron chi connectivity index (χ0n) is 6.92. The molecule has 11 heavy (non-hydrogen) atoms. The average molecular weight is 158 g/mol. The fourth-order valence-corrected chi connectivity index (χ4v) is 1.11. The SMILES string of the molecule is CCN(O)C(=O)C1(C)CNC1. The van der Waals surface area contributed by atoms with E-state index in [1.807, 2.05) is 6.92 Å². The zero-order chi connectivity index (χ0) is 8.48. The number of carbonyl (C=O) groups excluding carboxylic acids is 1. The van der Waals surface area contributed by atoms with Crippen LogP contribution in [0.15, 0.2) is 0 Å². The summed E-state index contributed by atoms with van der Waals surface area (Å²) < 4.78 is 0. The second-order valence-corrected chi connectivity index (χ2v) is 3.19. The molecular weight excluding hydrogens is 144 g/mol. The average Bonchev–Trinajstić information content (AvgIpc) is 1.97. The molecular formula is C7H14N2O2. The van der Waals surface area contributed by atoms with Crippen LogP contribution in [0.3, 0.4) is 0 Å². The number of carbonyl (C=O) groups is 1. The first-order chi connectivity index (χ1) is 5.10. The maximum absolute atomic E-state index is 11.3. The number of amides is 1. The third-order valence-corrected chi connectivity index (χ3v) is 2.08. The van der Waals surface area contributed by atoms with Crippen molar-refractivity contribution >= 4 is 5.91 Å². The van der Waals surface area contributed by atoms with Crippen LogP contribution < -0.4 is 5.32 Å². The lowest BCUT2D eigenvalue weighted by Crippen LogP contribution is -2.59. The Labute approximate surface area is 66.1 Å². The van der Waals surface area contributed by atoms with Crippen LogP contribution in [-0.2, 0) is 4.79 Å². The van der Waals surface area contributed by atoms with E-state index in [0.717, 1.165) is 5.06 Å². The monoisotopic (exact) mass is 158 g/mol. The van der Waals surface area contributed by atoms with Crippen molar-refractivity contribution < 1.29 is 10.0 Å². The Morgan fingerprint density at radius 1 is 1.73 bits per heavy atom. The van der Waals surface area contributed by atoms with Crippen LogP contribution in [0.25, 0.3) is 0 Å². The first kappa shape index (κ1) is 8.49. The van der Waals surface area contributed by atoms with Gasteiger partial charge in [0.2, 0.25) is 0 Å². The number of nitrogens with zero attached hydrogens (tertiary/aromatic N) is 1. The topological polar surface area (TPSA) is 52.6 Å². The predicted molar refractivity (Wildman–Crippen MR) is 40.2 cm³/mol. The van der Waals surface area contributed by atoms with Gasteiger partial charge in [-0.25, -0.2) is 5.06 Å². The van der Waals surface area contributed by atoms with Crippen LogP contribution in [0.4, 0.5) is 0 Å². The molecule has 1 saturated heterocycles. The second-order valence-electron chi connectivity index (χ2n) is 3.19. The van der Waals surface area contributed by atoms with Gasteiger partial charge >= 0.3 is 0 Å². The number of rotatable bonds is 2. The summed E-state index contributed by atoms with van der Waals surface area (Å²) in [4.78, 5) is 11.3. The Bertz CT molecular complexity index is 166. The molecule has 4 heteroatoms. The van der Waals surface area contributed by atoms with Gasteiger partial charge in [-0.3, -0.25) is 10.0 Å². The smallest absolute Gasteiger partial charge is 0.254 e. The van der Waals surface area contributed by atoms with E-state index in [1.165, 1.54) is 0 Å². The largest absolute Gasteiger partial charge is 0.315 e. The van der Waals surface area contributed by atoms with E-state index < -0.39 is 0 Å². The number of hydroxylamine groups is 2. The third kappa shape index (κ3) is 1.36. The maximum atomic E-state index is 11.3. The predicted octanol–water partition coefficient (Wildman–Crippen LogP) is -0.166. The molecule has 1 amide bonds. The van der Waals surface area contributed by atoms with Gasteiger partial charge in [0.05, 0.1) is 5.41 Å². The van der Waals surface area contributed by atoms with Crippen LogP contribution in [0.2, 0.25) is 0 Å². The van der Waals surface area contributed by atoms with Crippen molar-refractivity contribution in [2.45, 2.75) is 13.8 Å². The minimum atomic E-state index is -0.370. The molecule has 0 aliphatic carbocycles. The Morgan fingerprint density at radius 2 is 2.27 bits per heavy atom. The molecule has 1 aliphatic rings. The highest BCUT2D eigenvalue weighted by atomic mass is 16.5. The standard InChI is InChI=1S/C7H14N2O2/c1-3-9(11)6(10)7(2)4-8-5-7/h8,11H,3-5H2,1-2H3. The number of hydrogen-bond acceptors (Lipinski definition) is 3. The van der Waals surface area contributed by atoms with E-state index >= 15 is 0 Å². The molecule has 2 N–H and O–H groups in total. The minimum Gasteiger partial charge on any atom is -0.315 e. The van der Waals surface area contributed by atoms with E-state index in [9.17, 15) is 4.79 Å². The van der Waals surface area contributed by atoms with Crippen LogP contribution in [0.1, 0.15) is 13.8 Å². The Balaban J connectivity index is 2.52. The van der Waals surface area contributed by atoms with Crippen LogP contribution in [0, 0.1) is 5.41 Å². The van der Waals surface area contributed by atoms with Gasteiger partial charge in [-0.1, -0.05) is 0 Å². The molecule has 0 atom stereocenters. The van der Waals surface area contributed by atoms with Gasteiger partial charge in [0, 0.05) is 19.6 Å². The molecule has 0 unspecified atom stereocenters. The van der Waals surface area contributed by atoms with Crippen LogP contribution in [-0.4, -0.2) is 35.8 Å². The summed E-state index contributed by atoms with van der Waals surface area (Å²) in [5.74, 6) is -0.182. The highest BCUT2D eigenvalue weighted by molar-refractivity contribution is 5.82. The van der Waals surface area contributed by atoms with Gasteiger partial charge in [0.1, 0.15) is 0 Å². The van der Waals surface area contributed by atoms with Crippen molar-refractivity contribution in [2.24, 2.45) is 5.41 Å². The number of hydrogen-bond donors (Lipinski definition) is 2. The summed E-state index contributed by atoms with van der Waals surface area (Å²) in [6.07, 6.45) is 0. The summed E-state index contributed by atoms with van der Waals surface area (Å²) >= 11 is 0. The van der Waals surface area contributed by atoms with E-state index in [1.54, 1.807) is 6.92 Å². The summed E-state index contributed by atoms with van der Waals surface area (Å²) in [5.41, 5.74) is -0.370. The highest BCUT2D eigenvalue weighted by Gasteiger charge is 2.41. The molecule has 1 aliphatic heterocycles. The number of nitrogens with one attached hydrogen (secondary N) is 1. The summed E-state index contributed by atoms with van der Waals surface area (Å²) in [6.45, 7) is 5.29. The molecule has 0 aromatic heterocycles. The van der Waals surface area contributed by atoms with E-state index in [-0.39, 0.29) is 11.3 Å². The van der Waals surface area contributed by atoms with Gasteiger partial charge in [-0.2, -0.15) is 0 Å². The van der Waals surface area contributed by atoms with Gasteiger partial charge in [0.15, 0.2) is 0 Å². The molecule has 1 fully saturated rings. The summed E-state index contributed by atoms with van der Waals surface area (Å²) in [7, 11) is 0. The van der Waals surface area contributed by atoms with Crippen molar-refractivity contribution in [3.8, 4) is 0 Å². The van der Waals surface area contributed by atoms with E-state index in [2.05, 4.69) is 5.32 Å². The lowest BCUT2D eigenvalue weighted by atomic mass is 9.83. The lowest BCUT2D eigenvalue weighted by molar-refractivity contribution is -0.178. The Morgan fingerprint density at radius 3 is 2.55 bits per heavy atom. The maximum Gasteiger partial charge on any atom is 0.254 e. The molecule has 0 aromatic rings. The molecule has 0 radical (unpaired) electrons. The third-order valence-electron chi connectivity index (χ3n) is 2.08. The minimum absolute atomic E-state index is 0.182. The molecule has 64 valence electrons. The van der Waals surface area contributed by atoms with E-state index in [0.29, 0.717) is 19.6 Å². The normalized spacial score (nSPS) is 20.6. The molecule has 4 nitrogen and oxygen atoms in total. The second kappa shape index (κ2) is 2.79. The van der Waals surface area contributed by atoms with Crippen LogP contribution in [0.5, 0.6) is 0 Å². The molecule has 1 rings (SSSR count). The first-order valence-corrected chi connectivity index (χ1v) is 3.82. The molecule has 0 aromatic carbocycles. The Kier molecular flexibility index (Phi) is 2.15. The molecule has 0 spiro atoms. The lowest BCUT2D eigenvalue weighted by Gasteiger charge is -2.39. The molecule has 1 heterocycles.